The Hall–Kier alpha value is -2.11. The van der Waals surface area contributed by atoms with Crippen molar-refractivity contribution in [2.75, 3.05) is 5.32 Å². The van der Waals surface area contributed by atoms with Crippen LogP contribution in [0.25, 0.3) is 11.1 Å². The van der Waals surface area contributed by atoms with Gasteiger partial charge < -0.3 is 5.32 Å². The number of aromatic nitrogens is 2. The highest BCUT2D eigenvalue weighted by atomic mass is 19.4. The minimum Gasteiger partial charge on any atom is -0.366 e. The number of rotatable bonds is 3. The van der Waals surface area contributed by atoms with Crippen LogP contribution in [0.5, 0.6) is 0 Å². The molecule has 25 heavy (non-hydrogen) atoms. The Morgan fingerprint density at radius 3 is 2.44 bits per heavy atom. The van der Waals surface area contributed by atoms with Crippen LogP contribution >= 0.6 is 0 Å². The molecule has 2 bridgehead atoms. The summed E-state index contributed by atoms with van der Waals surface area (Å²) >= 11 is 0. The van der Waals surface area contributed by atoms with Crippen molar-refractivity contribution in [3.63, 3.8) is 0 Å². The molecule has 2 saturated carbocycles. The lowest BCUT2D eigenvalue weighted by atomic mass is 9.95. The molecule has 2 aliphatic rings. The van der Waals surface area contributed by atoms with Crippen LogP contribution < -0.4 is 5.32 Å². The van der Waals surface area contributed by atoms with E-state index in [0.717, 1.165) is 35.9 Å². The molecule has 0 spiro atoms. The molecular formula is C19H20F3N3. The van der Waals surface area contributed by atoms with Gasteiger partial charge in [0.1, 0.15) is 11.6 Å². The van der Waals surface area contributed by atoms with Gasteiger partial charge in [0.25, 0.3) is 0 Å². The first kappa shape index (κ1) is 16.4. The van der Waals surface area contributed by atoms with Crippen molar-refractivity contribution in [2.45, 2.75) is 44.8 Å². The van der Waals surface area contributed by atoms with Crippen molar-refractivity contribution in [3.05, 3.63) is 41.9 Å². The quantitative estimate of drug-likeness (QED) is 0.842. The fraction of sp³-hybridized carbons (Fsp3) is 0.474. The Bertz CT molecular complexity index is 770. The Morgan fingerprint density at radius 1 is 1.08 bits per heavy atom. The second-order valence-electron chi connectivity index (χ2n) is 7.18. The number of halogens is 3. The molecule has 2 aromatic rings. The Labute approximate surface area is 144 Å². The number of hydrogen-bond acceptors (Lipinski definition) is 3. The Balaban J connectivity index is 1.63. The van der Waals surface area contributed by atoms with Crippen LogP contribution in [0.2, 0.25) is 0 Å². The standard InChI is InChI=1S/C19H20F3N3/c1-11-23-10-16(13-4-6-15(7-5-13)19(20,21)22)18(24-11)25-17-9-12-2-3-14(17)8-12/h4-7,10,12,14,17H,2-3,8-9H2,1H3,(H,23,24,25)/t12-,14+,17+/m0/s1. The zero-order valence-corrected chi connectivity index (χ0v) is 14.0. The van der Waals surface area contributed by atoms with Crippen LogP contribution in [0, 0.1) is 18.8 Å². The third-order valence-corrected chi connectivity index (χ3v) is 5.49. The molecule has 3 nitrogen and oxygen atoms in total. The summed E-state index contributed by atoms with van der Waals surface area (Å²) in [5.74, 6) is 2.87. The van der Waals surface area contributed by atoms with E-state index in [-0.39, 0.29) is 0 Å². The minimum absolute atomic E-state index is 0.404. The summed E-state index contributed by atoms with van der Waals surface area (Å²) in [4.78, 5) is 8.76. The third-order valence-electron chi connectivity index (χ3n) is 5.49. The van der Waals surface area contributed by atoms with E-state index in [1.165, 1.54) is 31.4 Å². The van der Waals surface area contributed by atoms with Crippen LogP contribution in [0.3, 0.4) is 0 Å². The fourth-order valence-electron chi connectivity index (χ4n) is 4.23. The average Bonchev–Trinajstić information content (AvgIpc) is 3.17. The number of alkyl halides is 3. The van der Waals surface area contributed by atoms with E-state index in [2.05, 4.69) is 15.3 Å². The zero-order chi connectivity index (χ0) is 17.6. The van der Waals surface area contributed by atoms with Gasteiger partial charge in [-0.2, -0.15) is 13.2 Å². The molecule has 1 aromatic heterocycles. The maximum Gasteiger partial charge on any atom is 0.416 e. The van der Waals surface area contributed by atoms with E-state index >= 15 is 0 Å². The molecule has 0 radical (unpaired) electrons. The van der Waals surface area contributed by atoms with Crippen LogP contribution in [0.1, 0.15) is 37.1 Å². The van der Waals surface area contributed by atoms with E-state index in [1.807, 2.05) is 6.92 Å². The first-order chi connectivity index (χ1) is 11.9. The molecule has 2 fully saturated rings. The van der Waals surface area contributed by atoms with E-state index in [0.29, 0.717) is 23.3 Å². The fourth-order valence-corrected chi connectivity index (χ4v) is 4.23. The molecule has 0 aliphatic heterocycles. The van der Waals surface area contributed by atoms with Crippen molar-refractivity contribution in [3.8, 4) is 11.1 Å². The summed E-state index contributed by atoms with van der Waals surface area (Å²) in [6.07, 6.45) is 2.36. The lowest BCUT2D eigenvalue weighted by Gasteiger charge is -2.24. The zero-order valence-electron chi connectivity index (χ0n) is 14.0. The molecule has 1 aromatic carbocycles. The Morgan fingerprint density at radius 2 is 1.84 bits per heavy atom. The second kappa shape index (κ2) is 6.00. The molecule has 1 N–H and O–H groups in total. The SMILES string of the molecule is Cc1ncc(-c2ccc(C(F)(F)F)cc2)c(N[C@@H]2C[C@H]3CC[C@@H]2C3)n1. The first-order valence-electron chi connectivity index (χ1n) is 8.68. The van der Waals surface area contributed by atoms with Gasteiger partial charge >= 0.3 is 6.18 Å². The second-order valence-corrected chi connectivity index (χ2v) is 7.18. The summed E-state index contributed by atoms with van der Waals surface area (Å²) in [6.45, 7) is 1.82. The van der Waals surface area contributed by atoms with Gasteiger partial charge in [-0.25, -0.2) is 9.97 Å². The summed E-state index contributed by atoms with van der Waals surface area (Å²) < 4.78 is 38.3. The van der Waals surface area contributed by atoms with E-state index in [4.69, 9.17) is 0 Å². The molecule has 6 heteroatoms. The molecule has 0 amide bonds. The molecule has 1 heterocycles. The highest BCUT2D eigenvalue weighted by molar-refractivity contribution is 5.74. The molecule has 2 aliphatic carbocycles. The predicted molar refractivity (Wildman–Crippen MR) is 90.1 cm³/mol. The third kappa shape index (κ3) is 3.22. The smallest absolute Gasteiger partial charge is 0.366 e. The number of fused-ring (bicyclic) bond motifs is 2. The lowest BCUT2D eigenvalue weighted by Crippen LogP contribution is -2.26. The van der Waals surface area contributed by atoms with Gasteiger partial charge in [-0.05, 0) is 55.7 Å². The van der Waals surface area contributed by atoms with Gasteiger partial charge in [-0.15, -0.1) is 0 Å². The molecule has 0 unspecified atom stereocenters. The maximum atomic E-state index is 12.8. The molecule has 132 valence electrons. The highest BCUT2D eigenvalue weighted by Crippen LogP contribution is 2.46. The van der Waals surface area contributed by atoms with E-state index < -0.39 is 11.7 Å². The minimum atomic E-state index is -4.33. The van der Waals surface area contributed by atoms with Gasteiger partial charge in [-0.3, -0.25) is 0 Å². The van der Waals surface area contributed by atoms with Crippen LogP contribution in [-0.2, 0) is 6.18 Å². The van der Waals surface area contributed by atoms with Crippen LogP contribution in [-0.4, -0.2) is 16.0 Å². The number of aryl methyl sites for hydroxylation is 1. The monoisotopic (exact) mass is 347 g/mol. The molecule has 0 saturated heterocycles. The van der Waals surface area contributed by atoms with Crippen molar-refractivity contribution in [2.24, 2.45) is 11.8 Å². The van der Waals surface area contributed by atoms with Crippen LogP contribution in [0.4, 0.5) is 19.0 Å². The normalized spacial score (nSPS) is 25.4. The summed E-state index contributed by atoms with van der Waals surface area (Å²) in [5.41, 5.74) is 0.799. The van der Waals surface area contributed by atoms with Crippen molar-refractivity contribution >= 4 is 5.82 Å². The molecular weight excluding hydrogens is 327 g/mol. The summed E-state index contributed by atoms with van der Waals surface area (Å²) in [7, 11) is 0. The number of nitrogens with one attached hydrogen (secondary N) is 1. The van der Waals surface area contributed by atoms with Crippen LogP contribution in [0.15, 0.2) is 30.5 Å². The van der Waals surface area contributed by atoms with Gasteiger partial charge in [-0.1, -0.05) is 18.6 Å². The van der Waals surface area contributed by atoms with Gasteiger partial charge in [0.15, 0.2) is 0 Å². The number of benzene rings is 1. The topological polar surface area (TPSA) is 37.8 Å². The maximum absolute atomic E-state index is 12.8. The van der Waals surface area contributed by atoms with Gasteiger partial charge in [0, 0.05) is 17.8 Å². The number of anilines is 1. The largest absolute Gasteiger partial charge is 0.416 e. The number of nitrogens with zero attached hydrogens (tertiary/aromatic N) is 2. The molecule has 4 rings (SSSR count). The van der Waals surface area contributed by atoms with Gasteiger partial charge in [0.05, 0.1) is 5.56 Å². The van der Waals surface area contributed by atoms with Crippen molar-refractivity contribution in [1.29, 1.82) is 0 Å². The predicted octanol–water partition coefficient (Wildman–Crippen LogP) is 5.07. The number of hydrogen-bond donors (Lipinski definition) is 1. The Kier molecular flexibility index (Phi) is 3.93. The van der Waals surface area contributed by atoms with E-state index in [9.17, 15) is 13.2 Å². The first-order valence-corrected chi connectivity index (χ1v) is 8.68. The summed E-state index contributed by atoms with van der Waals surface area (Å²) in [6, 6.07) is 5.60. The highest BCUT2D eigenvalue weighted by Gasteiger charge is 2.39. The lowest BCUT2D eigenvalue weighted by molar-refractivity contribution is -0.137. The summed E-state index contributed by atoms with van der Waals surface area (Å²) in [5, 5.41) is 3.55. The van der Waals surface area contributed by atoms with E-state index in [1.54, 1.807) is 6.20 Å². The molecule has 3 atom stereocenters. The average molecular weight is 347 g/mol. The van der Waals surface area contributed by atoms with Crippen molar-refractivity contribution < 1.29 is 13.2 Å². The van der Waals surface area contributed by atoms with Gasteiger partial charge in [0.2, 0.25) is 0 Å². The van der Waals surface area contributed by atoms with Crippen molar-refractivity contribution in [1.82, 2.24) is 9.97 Å².